The Balaban J connectivity index is 1.47. The second-order valence-corrected chi connectivity index (χ2v) is 8.20. The van der Waals surface area contributed by atoms with E-state index in [2.05, 4.69) is 10.1 Å². The highest BCUT2D eigenvalue weighted by Crippen LogP contribution is 2.37. The Hall–Kier alpha value is -3.85. The van der Waals surface area contributed by atoms with Crippen molar-refractivity contribution in [2.24, 2.45) is 5.73 Å². The molecule has 0 radical (unpaired) electrons. The lowest BCUT2D eigenvalue weighted by molar-refractivity contribution is -0.130. The van der Waals surface area contributed by atoms with Crippen molar-refractivity contribution in [2.45, 2.75) is 25.8 Å². The molecule has 1 amide bonds. The van der Waals surface area contributed by atoms with Crippen LogP contribution in [0.4, 0.5) is 5.82 Å². The summed E-state index contributed by atoms with van der Waals surface area (Å²) < 4.78 is 13.5. The van der Waals surface area contributed by atoms with Crippen LogP contribution in [-0.2, 0) is 4.79 Å². The third-order valence-electron chi connectivity index (χ3n) is 6.15. The van der Waals surface area contributed by atoms with Crippen LogP contribution in [0.2, 0.25) is 0 Å². The summed E-state index contributed by atoms with van der Waals surface area (Å²) in [6.07, 6.45) is 7.39. The van der Waals surface area contributed by atoms with E-state index in [1.54, 1.807) is 13.1 Å². The van der Waals surface area contributed by atoms with Crippen LogP contribution in [0.5, 0.6) is 5.75 Å². The van der Waals surface area contributed by atoms with Gasteiger partial charge in [-0.1, -0.05) is 12.1 Å². The standard InChI is InChI=1S/C24H26N6O3/c1-15(31)29-7-5-18(6-8-29)30-13-17(11-28-30)21-12-27-24(26)23-20(21)10-22(33-23)16-3-2-4-19(9-16)32-14-25/h2-4,9-13,18H,5-8,14,25H2,1H3,(H2,26,27). The van der Waals surface area contributed by atoms with Gasteiger partial charge in [0.05, 0.1) is 12.2 Å². The molecule has 0 spiro atoms. The van der Waals surface area contributed by atoms with Crippen LogP contribution in [0.25, 0.3) is 33.4 Å². The first-order valence-corrected chi connectivity index (χ1v) is 10.9. The lowest BCUT2D eigenvalue weighted by Gasteiger charge is -2.31. The SMILES string of the molecule is CC(=O)N1CCC(n2cc(-c3cnc(N)c4oc(-c5cccc(OCN)c5)cc34)cn2)CC1. The molecule has 4 N–H and O–H groups in total. The average molecular weight is 447 g/mol. The maximum absolute atomic E-state index is 11.6. The molecule has 1 aromatic carbocycles. The smallest absolute Gasteiger partial charge is 0.219 e. The largest absolute Gasteiger partial charge is 0.479 e. The van der Waals surface area contributed by atoms with Crippen molar-refractivity contribution in [3.05, 3.63) is 48.9 Å². The summed E-state index contributed by atoms with van der Waals surface area (Å²) in [5.41, 5.74) is 14.9. The van der Waals surface area contributed by atoms with Gasteiger partial charge in [-0.25, -0.2) is 4.98 Å². The number of nitrogens with zero attached hydrogens (tertiary/aromatic N) is 4. The summed E-state index contributed by atoms with van der Waals surface area (Å²) >= 11 is 0. The molecular weight excluding hydrogens is 420 g/mol. The summed E-state index contributed by atoms with van der Waals surface area (Å²) in [7, 11) is 0. The van der Waals surface area contributed by atoms with Gasteiger partial charge in [0.1, 0.15) is 18.2 Å². The fourth-order valence-electron chi connectivity index (χ4n) is 4.37. The van der Waals surface area contributed by atoms with Crippen LogP contribution in [0.1, 0.15) is 25.8 Å². The quantitative estimate of drug-likeness (QED) is 0.450. The summed E-state index contributed by atoms with van der Waals surface area (Å²) in [6, 6.07) is 9.77. The number of hydrogen-bond acceptors (Lipinski definition) is 7. The molecule has 0 atom stereocenters. The van der Waals surface area contributed by atoms with Gasteiger partial charge in [-0.2, -0.15) is 5.10 Å². The normalized spacial score (nSPS) is 14.7. The zero-order valence-corrected chi connectivity index (χ0v) is 18.4. The summed E-state index contributed by atoms with van der Waals surface area (Å²) in [6.45, 7) is 3.22. The van der Waals surface area contributed by atoms with Crippen molar-refractivity contribution in [1.82, 2.24) is 19.7 Å². The fraction of sp³-hybridized carbons (Fsp3) is 0.292. The van der Waals surface area contributed by atoms with Crippen LogP contribution >= 0.6 is 0 Å². The Morgan fingerprint density at radius 1 is 1.21 bits per heavy atom. The van der Waals surface area contributed by atoms with Gasteiger partial charge in [0.25, 0.3) is 0 Å². The van der Waals surface area contributed by atoms with Gasteiger partial charge in [-0.15, -0.1) is 0 Å². The van der Waals surface area contributed by atoms with E-state index in [0.29, 0.717) is 22.9 Å². The van der Waals surface area contributed by atoms with E-state index in [4.69, 9.17) is 20.6 Å². The third-order valence-corrected chi connectivity index (χ3v) is 6.15. The molecule has 1 aliphatic rings. The number of furan rings is 1. The second-order valence-electron chi connectivity index (χ2n) is 8.20. The number of anilines is 1. The number of rotatable bonds is 5. The Kier molecular flexibility index (Phi) is 5.47. The van der Waals surface area contributed by atoms with Crippen LogP contribution in [0, 0.1) is 0 Å². The number of piperidine rings is 1. The summed E-state index contributed by atoms with van der Waals surface area (Å²) in [5, 5.41) is 5.48. The molecular formula is C24H26N6O3. The van der Waals surface area contributed by atoms with Crippen molar-refractivity contribution in [1.29, 1.82) is 0 Å². The van der Waals surface area contributed by atoms with Gasteiger partial charge in [0.2, 0.25) is 5.91 Å². The molecule has 1 fully saturated rings. The Morgan fingerprint density at radius 2 is 2.03 bits per heavy atom. The van der Waals surface area contributed by atoms with E-state index in [1.807, 2.05) is 52.3 Å². The molecule has 0 aliphatic carbocycles. The van der Waals surface area contributed by atoms with Crippen molar-refractivity contribution < 1.29 is 13.9 Å². The zero-order chi connectivity index (χ0) is 22.9. The van der Waals surface area contributed by atoms with Gasteiger partial charge < -0.3 is 19.8 Å². The molecule has 1 aliphatic heterocycles. The lowest BCUT2D eigenvalue weighted by Crippen LogP contribution is -2.37. The number of nitrogen functional groups attached to an aromatic ring is 1. The molecule has 5 rings (SSSR count). The zero-order valence-electron chi connectivity index (χ0n) is 18.4. The number of hydrogen-bond donors (Lipinski definition) is 2. The molecule has 0 bridgehead atoms. The van der Waals surface area contributed by atoms with Gasteiger partial charge in [0.15, 0.2) is 11.4 Å². The monoisotopic (exact) mass is 446 g/mol. The van der Waals surface area contributed by atoms with Crippen molar-refractivity contribution in [2.75, 3.05) is 25.6 Å². The maximum atomic E-state index is 11.6. The lowest BCUT2D eigenvalue weighted by atomic mass is 10.0. The van der Waals surface area contributed by atoms with Crippen molar-refractivity contribution in [3.8, 4) is 28.2 Å². The molecule has 0 saturated carbocycles. The molecule has 9 heteroatoms. The minimum absolute atomic E-state index is 0.0996. The minimum Gasteiger partial charge on any atom is -0.479 e. The van der Waals surface area contributed by atoms with Gasteiger partial charge in [-0.3, -0.25) is 15.2 Å². The number of fused-ring (bicyclic) bond motifs is 1. The van der Waals surface area contributed by atoms with Crippen LogP contribution in [-0.4, -0.2) is 45.4 Å². The fourth-order valence-corrected chi connectivity index (χ4v) is 4.37. The van der Waals surface area contributed by atoms with E-state index >= 15 is 0 Å². The highest BCUT2D eigenvalue weighted by molar-refractivity contribution is 6.00. The first kappa shape index (κ1) is 21.0. The van der Waals surface area contributed by atoms with E-state index in [1.165, 1.54) is 0 Å². The Bertz CT molecular complexity index is 1300. The predicted octanol–water partition coefficient (Wildman–Crippen LogP) is 3.42. The van der Waals surface area contributed by atoms with Crippen molar-refractivity contribution in [3.63, 3.8) is 0 Å². The highest BCUT2D eigenvalue weighted by atomic mass is 16.5. The first-order chi connectivity index (χ1) is 16.0. The third kappa shape index (κ3) is 4.03. The molecule has 170 valence electrons. The Labute approximate surface area is 190 Å². The van der Waals surface area contributed by atoms with Gasteiger partial charge in [-0.05, 0) is 31.0 Å². The molecule has 33 heavy (non-hydrogen) atoms. The van der Waals surface area contributed by atoms with Crippen LogP contribution in [0.15, 0.2) is 53.3 Å². The first-order valence-electron chi connectivity index (χ1n) is 10.9. The average Bonchev–Trinajstić information content (AvgIpc) is 3.49. The molecule has 4 aromatic rings. The minimum atomic E-state index is 0.0996. The molecule has 9 nitrogen and oxygen atoms in total. The number of carbonyl (C=O) groups is 1. The number of amides is 1. The highest BCUT2D eigenvalue weighted by Gasteiger charge is 2.23. The molecule has 1 saturated heterocycles. The van der Waals surface area contributed by atoms with E-state index in [9.17, 15) is 4.79 Å². The summed E-state index contributed by atoms with van der Waals surface area (Å²) in [5.74, 6) is 1.79. The second kappa shape index (κ2) is 8.59. The number of likely N-dealkylation sites (tertiary alicyclic amines) is 1. The van der Waals surface area contributed by atoms with E-state index < -0.39 is 0 Å². The van der Waals surface area contributed by atoms with Gasteiger partial charge in [0, 0.05) is 54.5 Å². The topological polar surface area (TPSA) is 125 Å². The molecule has 4 heterocycles. The van der Waals surface area contributed by atoms with Crippen LogP contribution in [0.3, 0.4) is 0 Å². The number of nitrogens with two attached hydrogens (primary N) is 2. The number of pyridine rings is 1. The number of carbonyl (C=O) groups excluding carboxylic acids is 1. The van der Waals surface area contributed by atoms with E-state index in [-0.39, 0.29) is 18.7 Å². The van der Waals surface area contributed by atoms with Gasteiger partial charge >= 0.3 is 0 Å². The predicted molar refractivity (Wildman–Crippen MR) is 125 cm³/mol. The Morgan fingerprint density at radius 3 is 2.79 bits per heavy atom. The summed E-state index contributed by atoms with van der Waals surface area (Å²) in [4.78, 5) is 17.8. The maximum Gasteiger partial charge on any atom is 0.219 e. The van der Waals surface area contributed by atoms with Crippen molar-refractivity contribution >= 4 is 22.7 Å². The molecule has 0 unspecified atom stereocenters. The van der Waals surface area contributed by atoms with E-state index in [0.717, 1.165) is 48.0 Å². The van der Waals surface area contributed by atoms with Crippen LogP contribution < -0.4 is 16.2 Å². The number of ether oxygens (including phenoxy) is 1. The number of aromatic nitrogens is 3. The number of benzene rings is 1. The molecule has 3 aromatic heterocycles.